The second-order valence-corrected chi connectivity index (χ2v) is 5.82. The van der Waals surface area contributed by atoms with E-state index in [-0.39, 0.29) is 0 Å². The monoisotopic (exact) mass is 343 g/mol. The average Bonchev–Trinajstić information content (AvgIpc) is 3.01. The molecule has 2 heterocycles. The summed E-state index contributed by atoms with van der Waals surface area (Å²) in [7, 11) is 0. The van der Waals surface area contributed by atoms with E-state index < -0.39 is 0 Å². The number of rotatable bonds is 3. The third-order valence-electron chi connectivity index (χ3n) is 4.33. The van der Waals surface area contributed by atoms with Crippen LogP contribution in [0.1, 0.15) is 30.8 Å². The number of aryl methyl sites for hydroxylation is 2. The molecule has 1 aromatic carbocycles. The second kappa shape index (κ2) is 8.41. The Labute approximate surface area is 149 Å². The van der Waals surface area contributed by atoms with Gasteiger partial charge < -0.3 is 21.4 Å². The molecule has 1 saturated heterocycles. The number of aromatic nitrogens is 2. The number of nitrogens with one attached hydrogen (secondary N) is 1. The summed E-state index contributed by atoms with van der Waals surface area (Å²) in [6.07, 6.45) is 0. The van der Waals surface area contributed by atoms with Crippen LogP contribution >= 0.6 is 0 Å². The molecule has 1 fully saturated rings. The van der Waals surface area contributed by atoms with E-state index >= 15 is 0 Å². The highest BCUT2D eigenvalue weighted by Crippen LogP contribution is 2.25. The van der Waals surface area contributed by atoms with Crippen molar-refractivity contribution in [2.45, 2.75) is 27.7 Å². The smallest absolute Gasteiger partial charge is 0.150 e. The fraction of sp³-hybridized carbons (Fsp3) is 0.444. The number of hydrazone groups is 1. The Bertz CT molecular complexity index is 692. The number of hydrogen-bond donors (Lipinski definition) is 3. The molecular formula is C18H29N7. The molecular weight excluding hydrogens is 314 g/mol. The standard InChI is InChI=1S/C16H23N7.C2H6/c1-11-15(12(2)21-20-11)23-8-6-22(7-9-23)14-5-3-4-13(10-14)16(17)19-18;1-2/h3-5,10H,6-9,18H2,1-2H3,(H2,17,19)(H,20,21);1-2H3. The Morgan fingerprint density at radius 2 is 1.76 bits per heavy atom. The Kier molecular flexibility index (Phi) is 6.27. The number of anilines is 2. The van der Waals surface area contributed by atoms with Crippen LogP contribution in [0.15, 0.2) is 29.4 Å². The maximum absolute atomic E-state index is 5.80. The van der Waals surface area contributed by atoms with Crippen LogP contribution in [-0.4, -0.2) is 42.2 Å². The molecule has 0 unspecified atom stereocenters. The third-order valence-corrected chi connectivity index (χ3v) is 4.33. The number of hydrogen-bond acceptors (Lipinski definition) is 5. The first-order valence-electron chi connectivity index (χ1n) is 8.75. The highest BCUT2D eigenvalue weighted by molar-refractivity contribution is 5.98. The fourth-order valence-electron chi connectivity index (χ4n) is 3.14. The van der Waals surface area contributed by atoms with Gasteiger partial charge in [0.1, 0.15) is 5.84 Å². The summed E-state index contributed by atoms with van der Waals surface area (Å²) in [5.41, 5.74) is 11.2. The largest absolute Gasteiger partial charge is 0.382 e. The van der Waals surface area contributed by atoms with E-state index in [1.807, 2.05) is 39.0 Å². The lowest BCUT2D eigenvalue weighted by Gasteiger charge is -2.37. The van der Waals surface area contributed by atoms with Crippen LogP contribution < -0.4 is 21.4 Å². The Morgan fingerprint density at radius 3 is 2.32 bits per heavy atom. The Balaban J connectivity index is 0.00000109. The summed E-state index contributed by atoms with van der Waals surface area (Å²) in [5.74, 6) is 5.62. The number of nitrogens with zero attached hydrogens (tertiary/aromatic N) is 4. The molecule has 0 atom stereocenters. The van der Waals surface area contributed by atoms with Crippen molar-refractivity contribution in [3.05, 3.63) is 41.2 Å². The first kappa shape index (κ1) is 18.6. The van der Waals surface area contributed by atoms with E-state index in [9.17, 15) is 0 Å². The highest BCUT2D eigenvalue weighted by Gasteiger charge is 2.21. The van der Waals surface area contributed by atoms with Crippen molar-refractivity contribution in [2.24, 2.45) is 16.7 Å². The molecule has 1 aliphatic heterocycles. The maximum atomic E-state index is 5.80. The normalized spacial score (nSPS) is 15.0. The van der Waals surface area contributed by atoms with Gasteiger partial charge in [-0.2, -0.15) is 10.2 Å². The maximum Gasteiger partial charge on any atom is 0.150 e. The van der Waals surface area contributed by atoms with Gasteiger partial charge in [-0.25, -0.2) is 0 Å². The summed E-state index contributed by atoms with van der Waals surface area (Å²) in [5, 5.41) is 10.9. The zero-order valence-corrected chi connectivity index (χ0v) is 15.6. The fourth-order valence-corrected chi connectivity index (χ4v) is 3.14. The van der Waals surface area contributed by atoms with Crippen molar-refractivity contribution >= 4 is 17.2 Å². The number of benzene rings is 1. The van der Waals surface area contributed by atoms with Crippen molar-refractivity contribution in [1.29, 1.82) is 0 Å². The van der Waals surface area contributed by atoms with Crippen molar-refractivity contribution in [3.8, 4) is 0 Å². The summed E-state index contributed by atoms with van der Waals surface area (Å²) in [6.45, 7) is 11.9. The summed E-state index contributed by atoms with van der Waals surface area (Å²) >= 11 is 0. The summed E-state index contributed by atoms with van der Waals surface area (Å²) in [6, 6.07) is 8.04. The molecule has 0 radical (unpaired) electrons. The minimum Gasteiger partial charge on any atom is -0.382 e. The first-order valence-corrected chi connectivity index (χ1v) is 8.75. The number of H-pyrrole nitrogens is 1. The number of aromatic amines is 1. The number of piperazine rings is 1. The molecule has 1 aliphatic rings. The van der Waals surface area contributed by atoms with E-state index in [0.29, 0.717) is 5.84 Å². The van der Waals surface area contributed by atoms with Crippen molar-refractivity contribution < 1.29 is 0 Å². The van der Waals surface area contributed by atoms with E-state index in [4.69, 9.17) is 11.6 Å². The van der Waals surface area contributed by atoms with Crippen LogP contribution in [0.25, 0.3) is 0 Å². The zero-order valence-electron chi connectivity index (χ0n) is 15.6. The average molecular weight is 343 g/mol. The molecule has 5 N–H and O–H groups in total. The van der Waals surface area contributed by atoms with Crippen LogP contribution in [0.2, 0.25) is 0 Å². The molecule has 7 heteroatoms. The molecule has 0 bridgehead atoms. The van der Waals surface area contributed by atoms with Crippen LogP contribution in [0.3, 0.4) is 0 Å². The molecule has 2 aromatic rings. The lowest BCUT2D eigenvalue weighted by molar-refractivity contribution is 0.651. The molecule has 3 rings (SSSR count). The predicted octanol–water partition coefficient (Wildman–Crippen LogP) is 1.96. The van der Waals surface area contributed by atoms with Gasteiger partial charge in [-0.15, -0.1) is 0 Å². The molecule has 0 saturated carbocycles. The van der Waals surface area contributed by atoms with Gasteiger partial charge in [-0.1, -0.05) is 26.0 Å². The van der Waals surface area contributed by atoms with Crippen LogP contribution in [0, 0.1) is 13.8 Å². The van der Waals surface area contributed by atoms with E-state index in [1.54, 1.807) is 0 Å². The Hall–Kier alpha value is -2.70. The van der Waals surface area contributed by atoms with Crippen molar-refractivity contribution in [1.82, 2.24) is 10.2 Å². The van der Waals surface area contributed by atoms with Gasteiger partial charge in [0.05, 0.1) is 17.1 Å². The topological polar surface area (TPSA) is 99.6 Å². The summed E-state index contributed by atoms with van der Waals surface area (Å²) in [4.78, 5) is 4.75. The molecule has 0 aliphatic carbocycles. The molecule has 1 aromatic heterocycles. The molecule has 136 valence electrons. The van der Waals surface area contributed by atoms with Crippen LogP contribution in [0.5, 0.6) is 0 Å². The van der Waals surface area contributed by atoms with E-state index in [2.05, 4.69) is 38.1 Å². The van der Waals surface area contributed by atoms with Gasteiger partial charge in [-0.3, -0.25) is 5.10 Å². The van der Waals surface area contributed by atoms with Gasteiger partial charge >= 0.3 is 0 Å². The van der Waals surface area contributed by atoms with Gasteiger partial charge in [-0.05, 0) is 26.0 Å². The zero-order chi connectivity index (χ0) is 18.4. The van der Waals surface area contributed by atoms with Gasteiger partial charge in [0.2, 0.25) is 0 Å². The lowest BCUT2D eigenvalue weighted by atomic mass is 10.1. The quantitative estimate of drug-likeness (QED) is 0.342. The third kappa shape index (κ3) is 4.04. The van der Waals surface area contributed by atoms with Gasteiger partial charge in [0.15, 0.2) is 0 Å². The SMILES string of the molecule is CC.Cc1n[nH]c(C)c1N1CCN(c2cccc(/C(N)=N/N)c2)CC1. The number of amidine groups is 1. The van der Waals surface area contributed by atoms with Crippen LogP contribution in [0.4, 0.5) is 11.4 Å². The minimum atomic E-state index is 0.357. The lowest BCUT2D eigenvalue weighted by Crippen LogP contribution is -2.47. The predicted molar refractivity (Wildman–Crippen MR) is 105 cm³/mol. The minimum absolute atomic E-state index is 0.357. The van der Waals surface area contributed by atoms with E-state index in [0.717, 1.165) is 48.8 Å². The van der Waals surface area contributed by atoms with Crippen LogP contribution in [-0.2, 0) is 0 Å². The second-order valence-electron chi connectivity index (χ2n) is 5.82. The molecule has 7 nitrogen and oxygen atoms in total. The summed E-state index contributed by atoms with van der Waals surface area (Å²) < 4.78 is 0. The molecule has 0 spiro atoms. The highest BCUT2D eigenvalue weighted by atomic mass is 15.3. The Morgan fingerprint density at radius 1 is 1.12 bits per heavy atom. The molecule has 0 amide bonds. The van der Waals surface area contributed by atoms with Crippen molar-refractivity contribution in [3.63, 3.8) is 0 Å². The van der Waals surface area contributed by atoms with E-state index in [1.165, 1.54) is 5.69 Å². The van der Waals surface area contributed by atoms with Crippen molar-refractivity contribution in [2.75, 3.05) is 36.0 Å². The first-order chi connectivity index (χ1) is 12.1. The van der Waals surface area contributed by atoms with Gasteiger partial charge in [0.25, 0.3) is 0 Å². The number of nitrogens with two attached hydrogens (primary N) is 2. The van der Waals surface area contributed by atoms with Gasteiger partial charge in [0, 0.05) is 37.4 Å². The molecule has 25 heavy (non-hydrogen) atoms.